The fraction of sp³-hybridized carbons (Fsp3) is 0.417. The molecule has 0 saturated carbocycles. The summed E-state index contributed by atoms with van der Waals surface area (Å²) < 4.78 is 25.1. The third-order valence-corrected chi connectivity index (χ3v) is 6.24. The Balaban J connectivity index is 1.49. The van der Waals surface area contributed by atoms with Gasteiger partial charge in [0.1, 0.15) is 17.7 Å². The van der Waals surface area contributed by atoms with Crippen LogP contribution >= 0.6 is 11.6 Å². The second kappa shape index (κ2) is 10.3. The molecule has 2 atom stereocenters. The van der Waals surface area contributed by atoms with E-state index in [1.807, 2.05) is 35.2 Å². The van der Waals surface area contributed by atoms with E-state index in [1.165, 1.54) is 18.2 Å². The lowest BCUT2D eigenvalue weighted by molar-refractivity contribution is -0.137. The fourth-order valence-corrected chi connectivity index (χ4v) is 4.38. The Morgan fingerprint density at radius 2 is 1.81 bits per heavy atom. The number of para-hydroxylation sites is 1. The maximum atomic E-state index is 13.5. The van der Waals surface area contributed by atoms with Crippen LogP contribution in [0, 0.1) is 11.7 Å². The van der Waals surface area contributed by atoms with Gasteiger partial charge in [0.2, 0.25) is 5.91 Å². The Morgan fingerprint density at radius 1 is 1.06 bits per heavy atom. The summed E-state index contributed by atoms with van der Waals surface area (Å²) in [5.41, 5.74) is 0.331. The van der Waals surface area contributed by atoms with Crippen LogP contribution < -0.4 is 4.74 Å². The predicted molar refractivity (Wildman–Crippen MR) is 118 cm³/mol. The molecule has 170 valence electrons. The van der Waals surface area contributed by atoms with Gasteiger partial charge in [0.15, 0.2) is 0 Å². The topological polar surface area (TPSA) is 59.1 Å². The lowest BCUT2D eigenvalue weighted by Gasteiger charge is -2.39. The molecule has 8 heteroatoms. The molecule has 0 unspecified atom stereocenters. The minimum absolute atomic E-state index is 0.0408. The van der Waals surface area contributed by atoms with Crippen LogP contribution in [0.15, 0.2) is 48.5 Å². The first-order chi connectivity index (χ1) is 15.5. The van der Waals surface area contributed by atoms with Crippen LogP contribution in [0.4, 0.5) is 4.39 Å². The van der Waals surface area contributed by atoms with Crippen molar-refractivity contribution in [1.29, 1.82) is 0 Å². The highest BCUT2D eigenvalue weighted by atomic mass is 35.5. The highest BCUT2D eigenvalue weighted by Gasteiger charge is 2.36. The van der Waals surface area contributed by atoms with Gasteiger partial charge < -0.3 is 19.3 Å². The third kappa shape index (κ3) is 5.40. The number of carbonyl (C=O) groups excluding carboxylic acids is 2. The van der Waals surface area contributed by atoms with Crippen LogP contribution in [0.5, 0.6) is 5.75 Å². The number of likely N-dealkylation sites (tertiary alicyclic amines) is 1. The van der Waals surface area contributed by atoms with Gasteiger partial charge in [0.05, 0.1) is 18.2 Å². The Morgan fingerprint density at radius 3 is 2.53 bits per heavy atom. The van der Waals surface area contributed by atoms with Gasteiger partial charge in [-0.3, -0.25) is 9.59 Å². The van der Waals surface area contributed by atoms with Crippen molar-refractivity contribution in [3.63, 3.8) is 0 Å². The number of rotatable bonds is 5. The summed E-state index contributed by atoms with van der Waals surface area (Å²) in [5, 5.41) is -0.0859. The van der Waals surface area contributed by atoms with E-state index in [0.717, 1.165) is 5.75 Å². The third-order valence-electron chi connectivity index (χ3n) is 5.95. The standard InChI is InChI=1S/C24H26ClFN2O4/c25-20-14-17(6-7-21(20)26)24(30)28-9-8-22(32-19-4-2-1-3-5-19)18(16-28)15-23(29)27-10-12-31-13-11-27/h1-7,14,18,22H,8-13,15-16H2/t18-,22-/m0/s1. The van der Waals surface area contributed by atoms with Gasteiger partial charge in [-0.05, 0) is 30.3 Å². The highest BCUT2D eigenvalue weighted by Crippen LogP contribution is 2.28. The number of ether oxygens (including phenoxy) is 2. The zero-order valence-electron chi connectivity index (χ0n) is 17.7. The molecule has 2 saturated heterocycles. The minimum Gasteiger partial charge on any atom is -0.490 e. The van der Waals surface area contributed by atoms with Gasteiger partial charge in [-0.15, -0.1) is 0 Å². The first-order valence-corrected chi connectivity index (χ1v) is 11.2. The fourth-order valence-electron chi connectivity index (χ4n) is 4.20. The maximum absolute atomic E-state index is 13.5. The number of morpholine rings is 1. The summed E-state index contributed by atoms with van der Waals surface area (Å²) in [6.07, 6.45) is 0.686. The van der Waals surface area contributed by atoms with E-state index in [9.17, 15) is 14.0 Å². The van der Waals surface area contributed by atoms with Gasteiger partial charge in [0, 0.05) is 50.5 Å². The van der Waals surface area contributed by atoms with Crippen molar-refractivity contribution >= 4 is 23.4 Å². The number of halogens is 2. The number of carbonyl (C=O) groups is 2. The van der Waals surface area contributed by atoms with Gasteiger partial charge >= 0.3 is 0 Å². The normalized spacial score (nSPS) is 21.3. The molecular formula is C24H26ClFN2O4. The molecule has 0 N–H and O–H groups in total. The first-order valence-electron chi connectivity index (χ1n) is 10.8. The van der Waals surface area contributed by atoms with Crippen molar-refractivity contribution < 1.29 is 23.5 Å². The van der Waals surface area contributed by atoms with E-state index in [0.29, 0.717) is 51.4 Å². The van der Waals surface area contributed by atoms with Crippen LogP contribution in [-0.4, -0.2) is 67.1 Å². The van der Waals surface area contributed by atoms with Gasteiger partial charge in [-0.25, -0.2) is 4.39 Å². The van der Waals surface area contributed by atoms with Crippen LogP contribution in [0.2, 0.25) is 5.02 Å². The average molecular weight is 461 g/mol. The molecule has 2 fully saturated rings. The number of nitrogens with zero attached hydrogens (tertiary/aromatic N) is 2. The number of hydrogen-bond donors (Lipinski definition) is 0. The van der Waals surface area contributed by atoms with E-state index in [2.05, 4.69) is 0 Å². The second-order valence-electron chi connectivity index (χ2n) is 8.10. The molecule has 2 aromatic carbocycles. The molecule has 2 aromatic rings. The first kappa shape index (κ1) is 22.6. The predicted octanol–water partition coefficient (Wildman–Crippen LogP) is 3.64. The monoisotopic (exact) mass is 460 g/mol. The second-order valence-corrected chi connectivity index (χ2v) is 8.50. The van der Waals surface area contributed by atoms with E-state index >= 15 is 0 Å². The Hall–Kier alpha value is -2.64. The van der Waals surface area contributed by atoms with Gasteiger partial charge in [-0.2, -0.15) is 0 Å². The number of amides is 2. The quantitative estimate of drug-likeness (QED) is 0.683. The lowest BCUT2D eigenvalue weighted by Crippen LogP contribution is -2.50. The van der Waals surface area contributed by atoms with Crippen molar-refractivity contribution in [2.45, 2.75) is 18.9 Å². The molecule has 0 spiro atoms. The van der Waals surface area contributed by atoms with Crippen molar-refractivity contribution in [2.24, 2.45) is 5.92 Å². The Bertz CT molecular complexity index is 952. The molecule has 2 aliphatic heterocycles. The maximum Gasteiger partial charge on any atom is 0.253 e. The lowest BCUT2D eigenvalue weighted by atomic mass is 9.90. The number of benzene rings is 2. The zero-order chi connectivity index (χ0) is 22.5. The Kier molecular flexibility index (Phi) is 7.27. The zero-order valence-corrected chi connectivity index (χ0v) is 18.5. The summed E-state index contributed by atoms with van der Waals surface area (Å²) in [7, 11) is 0. The Labute approximate surface area is 191 Å². The van der Waals surface area contributed by atoms with Crippen LogP contribution in [0.25, 0.3) is 0 Å². The largest absolute Gasteiger partial charge is 0.490 e. The van der Waals surface area contributed by atoms with E-state index < -0.39 is 5.82 Å². The van der Waals surface area contributed by atoms with Crippen LogP contribution in [0.3, 0.4) is 0 Å². The van der Waals surface area contributed by atoms with Gasteiger partial charge in [0.25, 0.3) is 5.91 Å². The summed E-state index contributed by atoms with van der Waals surface area (Å²) in [5.74, 6) is -0.175. The van der Waals surface area contributed by atoms with E-state index in [4.69, 9.17) is 21.1 Å². The smallest absolute Gasteiger partial charge is 0.253 e. The summed E-state index contributed by atoms with van der Waals surface area (Å²) in [6, 6.07) is 13.5. The van der Waals surface area contributed by atoms with Crippen molar-refractivity contribution in [3.05, 3.63) is 64.9 Å². The molecule has 32 heavy (non-hydrogen) atoms. The molecule has 2 aliphatic rings. The molecule has 4 rings (SSSR count). The molecule has 0 bridgehead atoms. The highest BCUT2D eigenvalue weighted by molar-refractivity contribution is 6.31. The molecule has 0 radical (unpaired) electrons. The SMILES string of the molecule is O=C(C[C@H]1CN(C(=O)c2ccc(F)c(Cl)c2)CC[C@@H]1Oc1ccccc1)N1CCOCC1. The van der Waals surface area contributed by atoms with Crippen molar-refractivity contribution in [3.8, 4) is 5.75 Å². The van der Waals surface area contributed by atoms with Crippen LogP contribution in [-0.2, 0) is 9.53 Å². The molecule has 2 heterocycles. The number of hydrogen-bond acceptors (Lipinski definition) is 4. The van der Waals surface area contributed by atoms with E-state index in [1.54, 1.807) is 4.90 Å². The van der Waals surface area contributed by atoms with E-state index in [-0.39, 0.29) is 35.3 Å². The molecular weight excluding hydrogens is 435 g/mol. The van der Waals surface area contributed by atoms with Crippen molar-refractivity contribution in [2.75, 3.05) is 39.4 Å². The molecule has 0 aromatic heterocycles. The molecule has 2 amide bonds. The summed E-state index contributed by atoms with van der Waals surface area (Å²) in [6.45, 7) is 3.08. The average Bonchev–Trinajstić information content (AvgIpc) is 2.82. The number of piperidine rings is 1. The summed E-state index contributed by atoms with van der Waals surface area (Å²) >= 11 is 5.87. The van der Waals surface area contributed by atoms with Crippen LogP contribution in [0.1, 0.15) is 23.2 Å². The minimum atomic E-state index is -0.563. The van der Waals surface area contributed by atoms with Crippen molar-refractivity contribution in [1.82, 2.24) is 9.80 Å². The van der Waals surface area contributed by atoms with Gasteiger partial charge in [-0.1, -0.05) is 29.8 Å². The molecule has 0 aliphatic carbocycles. The molecule has 6 nitrogen and oxygen atoms in total. The summed E-state index contributed by atoms with van der Waals surface area (Å²) in [4.78, 5) is 29.5.